The van der Waals surface area contributed by atoms with E-state index in [1.807, 2.05) is 13.0 Å². The molecule has 2 atom stereocenters. The van der Waals surface area contributed by atoms with E-state index in [2.05, 4.69) is 10.1 Å². The Labute approximate surface area is 179 Å². The number of likely N-dealkylation sites (tertiary alicyclic amines) is 1. The smallest absolute Gasteiger partial charge is 0.475 e. The van der Waals surface area contributed by atoms with Gasteiger partial charge in [-0.3, -0.25) is 4.90 Å². The average Bonchev–Trinajstić information content (AvgIpc) is 3.08. The monoisotopic (exact) mass is 448 g/mol. The molecule has 1 aromatic rings. The number of hydrogen-bond donors (Lipinski definition) is 1. The van der Waals surface area contributed by atoms with E-state index in [1.54, 1.807) is 0 Å². The second-order valence-electron chi connectivity index (χ2n) is 8.87. The second-order valence-corrected chi connectivity index (χ2v) is 8.87. The minimum Gasteiger partial charge on any atom is -0.475 e. The van der Waals surface area contributed by atoms with E-state index < -0.39 is 12.1 Å². The van der Waals surface area contributed by atoms with Crippen LogP contribution in [0.25, 0.3) is 0 Å². The Morgan fingerprint density at radius 1 is 1.35 bits per heavy atom. The van der Waals surface area contributed by atoms with Crippen molar-refractivity contribution in [2.45, 2.75) is 64.3 Å². The van der Waals surface area contributed by atoms with Crippen LogP contribution in [-0.2, 0) is 20.8 Å². The molecule has 1 aliphatic carbocycles. The fraction of sp³-hybridized carbons (Fsp3) is 0.810. The molecule has 2 unspecified atom stereocenters. The van der Waals surface area contributed by atoms with Gasteiger partial charge in [0.1, 0.15) is 5.76 Å². The third kappa shape index (κ3) is 6.66. The highest BCUT2D eigenvalue weighted by molar-refractivity contribution is 5.73. The van der Waals surface area contributed by atoms with E-state index >= 15 is 0 Å². The number of piperidine rings is 1. The first kappa shape index (κ1) is 24.0. The van der Waals surface area contributed by atoms with Crippen LogP contribution in [0.2, 0.25) is 0 Å². The lowest BCUT2D eigenvalue weighted by Crippen LogP contribution is -2.56. The van der Waals surface area contributed by atoms with Gasteiger partial charge in [-0.25, -0.2) is 4.79 Å². The molecule has 0 amide bonds. The highest BCUT2D eigenvalue weighted by Crippen LogP contribution is 2.41. The average molecular weight is 448 g/mol. The molecule has 2 saturated heterocycles. The fourth-order valence-electron chi connectivity index (χ4n) is 4.54. The van der Waals surface area contributed by atoms with Crippen LogP contribution in [-0.4, -0.2) is 66.3 Å². The van der Waals surface area contributed by atoms with Crippen molar-refractivity contribution in [2.24, 2.45) is 11.3 Å². The Hall–Kier alpha value is -1.65. The molecule has 176 valence electrons. The highest BCUT2D eigenvalue weighted by Gasteiger charge is 2.46. The van der Waals surface area contributed by atoms with E-state index in [9.17, 15) is 13.2 Å². The molecule has 3 aliphatic rings. The summed E-state index contributed by atoms with van der Waals surface area (Å²) in [6.07, 6.45) is 2.84. The summed E-state index contributed by atoms with van der Waals surface area (Å²) in [6, 6.07) is 2.04. The summed E-state index contributed by atoms with van der Waals surface area (Å²) in [5, 5.41) is 11.3. The van der Waals surface area contributed by atoms with E-state index in [0.717, 1.165) is 69.7 Å². The van der Waals surface area contributed by atoms with Crippen molar-refractivity contribution in [1.29, 1.82) is 0 Å². The molecule has 10 heteroatoms. The minimum absolute atomic E-state index is 0.166. The Kier molecular flexibility index (Phi) is 7.98. The van der Waals surface area contributed by atoms with Gasteiger partial charge in [0, 0.05) is 44.3 Å². The number of fused-ring (bicyclic) bond motifs is 1. The van der Waals surface area contributed by atoms with E-state index in [4.69, 9.17) is 23.9 Å². The maximum Gasteiger partial charge on any atom is 0.490 e. The number of hydrogen-bond acceptors (Lipinski definition) is 6. The SMILES string of the molecule is Cc1cc(CN2CCC3OCCCC3(COCC3CCC3)C2)no1.O=C(O)C(F)(F)F. The Balaban J connectivity index is 0.000000339. The topological polar surface area (TPSA) is 85.0 Å². The number of alkyl halides is 3. The summed E-state index contributed by atoms with van der Waals surface area (Å²) < 4.78 is 49.3. The van der Waals surface area contributed by atoms with Gasteiger partial charge in [0.2, 0.25) is 0 Å². The molecule has 0 bridgehead atoms. The lowest BCUT2D eigenvalue weighted by molar-refractivity contribution is -0.192. The maximum absolute atomic E-state index is 10.6. The largest absolute Gasteiger partial charge is 0.490 e. The summed E-state index contributed by atoms with van der Waals surface area (Å²) in [6.45, 7) is 7.65. The molecule has 1 N–H and O–H groups in total. The summed E-state index contributed by atoms with van der Waals surface area (Å²) >= 11 is 0. The van der Waals surface area contributed by atoms with Crippen molar-refractivity contribution in [3.05, 3.63) is 17.5 Å². The molecule has 31 heavy (non-hydrogen) atoms. The number of carboxylic acid groups (broad SMARTS) is 1. The predicted octanol–water partition coefficient (Wildman–Crippen LogP) is 3.80. The molecule has 2 aliphatic heterocycles. The van der Waals surface area contributed by atoms with Gasteiger partial charge in [-0.15, -0.1) is 0 Å². The molecule has 0 spiro atoms. The zero-order valence-corrected chi connectivity index (χ0v) is 17.8. The van der Waals surface area contributed by atoms with E-state index in [1.165, 1.54) is 25.7 Å². The van der Waals surface area contributed by atoms with Crippen molar-refractivity contribution < 1.29 is 37.1 Å². The first-order chi connectivity index (χ1) is 14.7. The number of carbonyl (C=O) groups is 1. The van der Waals surface area contributed by atoms with Gasteiger partial charge in [0.15, 0.2) is 0 Å². The van der Waals surface area contributed by atoms with E-state index in [0.29, 0.717) is 6.10 Å². The van der Waals surface area contributed by atoms with Gasteiger partial charge in [-0.1, -0.05) is 11.6 Å². The van der Waals surface area contributed by atoms with Crippen LogP contribution >= 0.6 is 0 Å². The van der Waals surface area contributed by atoms with Crippen LogP contribution < -0.4 is 0 Å². The number of rotatable bonds is 6. The van der Waals surface area contributed by atoms with Crippen molar-refractivity contribution in [3.8, 4) is 0 Å². The Bertz CT molecular complexity index is 722. The molecule has 7 nitrogen and oxygen atoms in total. The van der Waals surface area contributed by atoms with Gasteiger partial charge in [0.25, 0.3) is 0 Å². The molecule has 4 rings (SSSR count). The number of halogens is 3. The van der Waals surface area contributed by atoms with Gasteiger partial charge in [-0.2, -0.15) is 13.2 Å². The Morgan fingerprint density at radius 2 is 2.10 bits per heavy atom. The van der Waals surface area contributed by atoms with Crippen LogP contribution in [0.3, 0.4) is 0 Å². The van der Waals surface area contributed by atoms with Crippen LogP contribution in [0.1, 0.15) is 50.0 Å². The van der Waals surface area contributed by atoms with Crippen LogP contribution in [0, 0.1) is 18.3 Å². The minimum atomic E-state index is -5.08. The number of carboxylic acids is 1. The summed E-state index contributed by atoms with van der Waals surface area (Å²) in [7, 11) is 0. The number of aryl methyl sites for hydroxylation is 1. The number of nitrogens with zero attached hydrogens (tertiary/aromatic N) is 2. The van der Waals surface area contributed by atoms with Gasteiger partial charge >= 0.3 is 12.1 Å². The Morgan fingerprint density at radius 3 is 2.68 bits per heavy atom. The first-order valence-electron chi connectivity index (χ1n) is 10.8. The third-order valence-corrected chi connectivity index (χ3v) is 6.34. The molecule has 1 saturated carbocycles. The lowest BCUT2D eigenvalue weighted by Gasteiger charge is -2.50. The summed E-state index contributed by atoms with van der Waals surface area (Å²) in [5.74, 6) is -1.06. The standard InChI is InChI=1S/C19H30N2O3.C2HF3O2/c1-15-10-17(20-24-15)11-21-8-6-18-19(13-21,7-3-9-23-18)14-22-12-16-4-2-5-16;3-2(4,5)1(6)7/h10,16,18H,2-9,11-14H2,1H3;(H,6,7). The highest BCUT2D eigenvalue weighted by atomic mass is 19.4. The number of aromatic nitrogens is 1. The number of ether oxygens (including phenoxy) is 2. The van der Waals surface area contributed by atoms with Crippen LogP contribution in [0.4, 0.5) is 13.2 Å². The number of aliphatic carboxylic acids is 1. The molecular formula is C21H31F3N2O5. The van der Waals surface area contributed by atoms with Crippen molar-refractivity contribution in [2.75, 3.05) is 32.9 Å². The zero-order valence-electron chi connectivity index (χ0n) is 17.8. The third-order valence-electron chi connectivity index (χ3n) is 6.34. The quantitative estimate of drug-likeness (QED) is 0.708. The van der Waals surface area contributed by atoms with Crippen LogP contribution in [0.5, 0.6) is 0 Å². The van der Waals surface area contributed by atoms with Gasteiger partial charge in [0.05, 0.1) is 18.4 Å². The molecular weight excluding hydrogens is 417 g/mol. The summed E-state index contributed by atoms with van der Waals surface area (Å²) in [4.78, 5) is 11.4. The lowest BCUT2D eigenvalue weighted by atomic mass is 9.73. The zero-order chi connectivity index (χ0) is 22.5. The van der Waals surface area contributed by atoms with Crippen molar-refractivity contribution in [1.82, 2.24) is 10.1 Å². The second kappa shape index (κ2) is 10.3. The first-order valence-corrected chi connectivity index (χ1v) is 10.8. The molecule has 1 aromatic heterocycles. The normalized spacial score (nSPS) is 27.0. The summed E-state index contributed by atoms with van der Waals surface area (Å²) in [5.41, 5.74) is 1.20. The van der Waals surface area contributed by atoms with Crippen molar-refractivity contribution >= 4 is 5.97 Å². The van der Waals surface area contributed by atoms with Gasteiger partial charge < -0.3 is 19.1 Å². The predicted molar refractivity (Wildman–Crippen MR) is 104 cm³/mol. The van der Waals surface area contributed by atoms with Gasteiger partial charge in [-0.05, 0) is 44.9 Å². The molecule has 0 radical (unpaired) electrons. The fourth-order valence-corrected chi connectivity index (χ4v) is 4.54. The molecule has 0 aromatic carbocycles. The molecule has 3 heterocycles. The van der Waals surface area contributed by atoms with E-state index in [-0.39, 0.29) is 5.41 Å². The van der Waals surface area contributed by atoms with Crippen LogP contribution in [0.15, 0.2) is 10.6 Å². The maximum atomic E-state index is 10.6. The molecule has 3 fully saturated rings. The van der Waals surface area contributed by atoms with Crippen molar-refractivity contribution in [3.63, 3.8) is 0 Å².